The van der Waals surface area contributed by atoms with Crippen LogP contribution >= 0.6 is 0 Å². The van der Waals surface area contributed by atoms with Gasteiger partial charge < -0.3 is 9.64 Å². The molecule has 0 aliphatic carbocycles. The number of likely N-dealkylation sites (N-methyl/N-ethyl adjacent to an activating group) is 1. The number of nitro groups is 1. The number of imide groups is 1. The highest BCUT2D eigenvalue weighted by atomic mass is 16.6. The summed E-state index contributed by atoms with van der Waals surface area (Å²) in [6, 6.07) is 22.4. The average molecular weight is 457 g/mol. The Bertz CT molecular complexity index is 1250. The standard InChI is InChI=1S/C26H23N3O5/c1-27(20-6-4-3-5-7-20)24-23(19-10-12-21(13-11-19)29(32)33)25(30)28(26(24)31)17-16-18-8-14-22(34-2)15-9-18/h3-15H,16-17H2,1-2H3. The minimum atomic E-state index is -0.502. The zero-order valence-electron chi connectivity index (χ0n) is 18.8. The summed E-state index contributed by atoms with van der Waals surface area (Å²) in [5.41, 5.74) is 2.53. The average Bonchev–Trinajstić information content (AvgIpc) is 3.12. The van der Waals surface area contributed by atoms with Gasteiger partial charge in [0, 0.05) is 31.4 Å². The van der Waals surface area contributed by atoms with Crippen LogP contribution in [0, 0.1) is 10.1 Å². The van der Waals surface area contributed by atoms with E-state index in [1.165, 1.54) is 29.2 Å². The van der Waals surface area contributed by atoms with E-state index in [4.69, 9.17) is 4.74 Å². The highest BCUT2D eigenvalue weighted by Crippen LogP contribution is 2.34. The maximum atomic E-state index is 13.5. The summed E-state index contributed by atoms with van der Waals surface area (Å²) in [5.74, 6) is -0.102. The number of anilines is 1. The Hall–Kier alpha value is -4.46. The van der Waals surface area contributed by atoms with Gasteiger partial charge in [-0.15, -0.1) is 0 Å². The molecule has 1 aliphatic heterocycles. The van der Waals surface area contributed by atoms with Crippen molar-refractivity contribution >= 4 is 28.8 Å². The van der Waals surface area contributed by atoms with E-state index >= 15 is 0 Å². The highest BCUT2D eigenvalue weighted by molar-refractivity contribution is 6.36. The predicted molar refractivity (Wildman–Crippen MR) is 128 cm³/mol. The molecule has 0 saturated heterocycles. The summed E-state index contributed by atoms with van der Waals surface area (Å²) in [6.45, 7) is 0.201. The van der Waals surface area contributed by atoms with Crippen LogP contribution < -0.4 is 9.64 Å². The number of benzene rings is 3. The van der Waals surface area contributed by atoms with Gasteiger partial charge in [-0.3, -0.25) is 24.6 Å². The second-order valence-corrected chi connectivity index (χ2v) is 7.78. The van der Waals surface area contributed by atoms with Crippen molar-refractivity contribution in [3.8, 4) is 5.75 Å². The van der Waals surface area contributed by atoms with E-state index in [-0.39, 0.29) is 23.5 Å². The molecule has 0 N–H and O–H groups in total. The third kappa shape index (κ3) is 4.38. The molecule has 1 heterocycles. The Kier molecular flexibility index (Phi) is 6.40. The summed E-state index contributed by atoms with van der Waals surface area (Å²) in [7, 11) is 3.32. The van der Waals surface area contributed by atoms with E-state index in [1.807, 2.05) is 54.6 Å². The van der Waals surface area contributed by atoms with Crippen molar-refractivity contribution in [2.75, 3.05) is 25.6 Å². The summed E-state index contributed by atoms with van der Waals surface area (Å²) >= 11 is 0. The number of nitrogens with zero attached hydrogens (tertiary/aromatic N) is 3. The van der Waals surface area contributed by atoms with E-state index in [0.29, 0.717) is 12.0 Å². The Morgan fingerprint density at radius 2 is 1.56 bits per heavy atom. The Morgan fingerprint density at radius 3 is 2.15 bits per heavy atom. The number of para-hydroxylation sites is 1. The zero-order valence-corrected chi connectivity index (χ0v) is 18.8. The van der Waals surface area contributed by atoms with E-state index in [2.05, 4.69) is 0 Å². The van der Waals surface area contributed by atoms with Gasteiger partial charge in [0.15, 0.2) is 0 Å². The van der Waals surface area contributed by atoms with Gasteiger partial charge in [-0.25, -0.2) is 0 Å². The second-order valence-electron chi connectivity index (χ2n) is 7.78. The van der Waals surface area contributed by atoms with Gasteiger partial charge in [0.25, 0.3) is 17.5 Å². The summed E-state index contributed by atoms with van der Waals surface area (Å²) in [4.78, 5) is 40.4. The molecule has 3 aromatic rings. The molecule has 1 aliphatic rings. The van der Waals surface area contributed by atoms with E-state index in [0.717, 1.165) is 17.0 Å². The molecule has 34 heavy (non-hydrogen) atoms. The molecule has 0 unspecified atom stereocenters. The lowest BCUT2D eigenvalue weighted by Crippen LogP contribution is -2.35. The summed E-state index contributed by atoms with van der Waals surface area (Å²) in [5, 5.41) is 11.1. The zero-order chi connectivity index (χ0) is 24.2. The monoisotopic (exact) mass is 457 g/mol. The lowest BCUT2D eigenvalue weighted by molar-refractivity contribution is -0.384. The van der Waals surface area contributed by atoms with Crippen molar-refractivity contribution in [3.63, 3.8) is 0 Å². The fourth-order valence-electron chi connectivity index (χ4n) is 3.90. The molecule has 0 fully saturated rings. The van der Waals surface area contributed by atoms with Crippen LogP contribution in [0.15, 0.2) is 84.6 Å². The van der Waals surface area contributed by atoms with Crippen LogP contribution in [0.4, 0.5) is 11.4 Å². The van der Waals surface area contributed by atoms with E-state index in [1.54, 1.807) is 19.1 Å². The Morgan fingerprint density at radius 1 is 0.912 bits per heavy atom. The van der Waals surface area contributed by atoms with Gasteiger partial charge >= 0.3 is 0 Å². The minimum absolute atomic E-state index is 0.0875. The predicted octanol–water partition coefficient (Wildman–Crippen LogP) is 4.06. The SMILES string of the molecule is COc1ccc(CCN2C(=O)C(c3ccc([N+](=O)[O-])cc3)=C(N(C)c3ccccc3)C2=O)cc1. The fourth-order valence-corrected chi connectivity index (χ4v) is 3.90. The Labute approximate surface area is 196 Å². The van der Waals surface area contributed by atoms with Gasteiger partial charge in [0.2, 0.25) is 0 Å². The van der Waals surface area contributed by atoms with Crippen LogP contribution in [0.25, 0.3) is 5.57 Å². The first-order valence-electron chi connectivity index (χ1n) is 10.7. The molecule has 2 amide bonds. The van der Waals surface area contributed by atoms with Crippen molar-refractivity contribution in [3.05, 3.63) is 106 Å². The molecule has 0 radical (unpaired) electrons. The molecule has 0 aromatic heterocycles. The molecule has 172 valence electrons. The number of methoxy groups -OCH3 is 1. The molecule has 3 aromatic carbocycles. The van der Waals surface area contributed by atoms with Gasteiger partial charge in [-0.2, -0.15) is 0 Å². The number of carbonyl (C=O) groups is 2. The smallest absolute Gasteiger partial charge is 0.278 e. The number of ether oxygens (including phenoxy) is 1. The number of amides is 2. The summed E-state index contributed by atoms with van der Waals surface area (Å²) < 4.78 is 5.18. The van der Waals surface area contributed by atoms with Crippen molar-refractivity contribution in [2.45, 2.75) is 6.42 Å². The Balaban J connectivity index is 1.68. The first-order chi connectivity index (χ1) is 16.4. The maximum absolute atomic E-state index is 13.5. The maximum Gasteiger partial charge on any atom is 0.278 e. The first kappa shape index (κ1) is 22.7. The second kappa shape index (κ2) is 9.58. The quantitative estimate of drug-likeness (QED) is 0.288. The molecule has 0 atom stereocenters. The van der Waals surface area contributed by atoms with Crippen LogP contribution in [0.5, 0.6) is 5.75 Å². The molecule has 8 heteroatoms. The number of rotatable bonds is 8. The van der Waals surface area contributed by atoms with Crippen LogP contribution in [0.2, 0.25) is 0 Å². The molecular formula is C26H23N3O5. The molecule has 0 saturated carbocycles. The summed E-state index contributed by atoms with van der Waals surface area (Å²) in [6.07, 6.45) is 0.483. The van der Waals surface area contributed by atoms with Crippen molar-refractivity contribution < 1.29 is 19.2 Å². The minimum Gasteiger partial charge on any atom is -0.497 e. The van der Waals surface area contributed by atoms with Crippen LogP contribution in [-0.4, -0.2) is 42.3 Å². The van der Waals surface area contributed by atoms with Gasteiger partial charge in [-0.05, 0) is 53.9 Å². The highest BCUT2D eigenvalue weighted by Gasteiger charge is 2.41. The fraction of sp³-hybridized carbons (Fsp3) is 0.154. The van der Waals surface area contributed by atoms with Gasteiger partial charge in [0.1, 0.15) is 11.4 Å². The molecular weight excluding hydrogens is 434 g/mol. The van der Waals surface area contributed by atoms with E-state index in [9.17, 15) is 19.7 Å². The lowest BCUT2D eigenvalue weighted by atomic mass is 10.0. The number of hydrogen-bond acceptors (Lipinski definition) is 6. The molecule has 0 bridgehead atoms. The first-order valence-corrected chi connectivity index (χ1v) is 10.7. The normalized spacial score (nSPS) is 13.4. The van der Waals surface area contributed by atoms with Crippen molar-refractivity contribution in [1.29, 1.82) is 0 Å². The van der Waals surface area contributed by atoms with Crippen LogP contribution in [-0.2, 0) is 16.0 Å². The third-order valence-electron chi connectivity index (χ3n) is 5.77. The number of carbonyl (C=O) groups excluding carboxylic acids is 2. The number of nitro benzene ring substituents is 1. The van der Waals surface area contributed by atoms with Crippen LogP contribution in [0.3, 0.4) is 0 Å². The topological polar surface area (TPSA) is 93.0 Å². The lowest BCUT2D eigenvalue weighted by Gasteiger charge is -2.21. The van der Waals surface area contributed by atoms with E-state index < -0.39 is 16.7 Å². The number of non-ortho nitro benzene ring substituents is 1. The molecule has 0 spiro atoms. The number of hydrogen-bond donors (Lipinski definition) is 0. The third-order valence-corrected chi connectivity index (χ3v) is 5.77. The van der Waals surface area contributed by atoms with Gasteiger partial charge in [0.05, 0.1) is 17.6 Å². The van der Waals surface area contributed by atoms with Gasteiger partial charge in [-0.1, -0.05) is 30.3 Å². The largest absolute Gasteiger partial charge is 0.497 e. The molecule has 8 nitrogen and oxygen atoms in total. The molecule has 4 rings (SSSR count). The van der Waals surface area contributed by atoms with Crippen molar-refractivity contribution in [2.24, 2.45) is 0 Å². The van der Waals surface area contributed by atoms with Crippen molar-refractivity contribution in [1.82, 2.24) is 4.90 Å². The van der Waals surface area contributed by atoms with Crippen LogP contribution in [0.1, 0.15) is 11.1 Å².